The Bertz CT molecular complexity index is 362. The van der Waals surface area contributed by atoms with E-state index in [1.807, 2.05) is 6.92 Å². The first-order chi connectivity index (χ1) is 8.43. The molecule has 1 aromatic rings. The summed E-state index contributed by atoms with van der Waals surface area (Å²) in [6.07, 6.45) is 3.49. The van der Waals surface area contributed by atoms with Crippen LogP contribution in [0.4, 0.5) is 11.6 Å². The van der Waals surface area contributed by atoms with Crippen LogP contribution in [-0.2, 0) is 0 Å². The van der Waals surface area contributed by atoms with Crippen LogP contribution in [0.3, 0.4) is 0 Å². The Morgan fingerprint density at radius 1 is 1.17 bits per heavy atom. The maximum atomic E-state index is 4.45. The van der Waals surface area contributed by atoms with Crippen LogP contribution in [0.15, 0.2) is 12.4 Å². The van der Waals surface area contributed by atoms with E-state index in [4.69, 9.17) is 0 Å². The second kappa shape index (κ2) is 6.54. The molecule has 102 valence electrons. The molecule has 2 N–H and O–H groups in total. The molecule has 1 rings (SSSR count). The third-order valence-corrected chi connectivity index (χ3v) is 2.48. The Kier molecular flexibility index (Phi) is 5.34. The molecule has 0 amide bonds. The lowest BCUT2D eigenvalue weighted by atomic mass is 9.93. The molecule has 5 heteroatoms. The molecular weight excluding hydrogens is 226 g/mol. The summed E-state index contributed by atoms with van der Waals surface area (Å²) in [5, 5.41) is 6.50. The van der Waals surface area contributed by atoms with Crippen molar-refractivity contribution in [3.05, 3.63) is 12.4 Å². The van der Waals surface area contributed by atoms with E-state index in [1.54, 1.807) is 12.4 Å². The highest BCUT2D eigenvalue weighted by atomic mass is 15.1. The van der Waals surface area contributed by atoms with E-state index >= 15 is 0 Å². The average molecular weight is 251 g/mol. The summed E-state index contributed by atoms with van der Waals surface area (Å²) in [4.78, 5) is 10.8. The Morgan fingerprint density at radius 2 is 1.78 bits per heavy atom. The molecule has 0 saturated heterocycles. The molecule has 0 fully saturated rings. The summed E-state index contributed by atoms with van der Waals surface area (Å²) in [7, 11) is 4.18. The van der Waals surface area contributed by atoms with Gasteiger partial charge in [-0.2, -0.15) is 0 Å². The molecule has 0 aromatic carbocycles. The smallest absolute Gasteiger partial charge is 0.146 e. The summed E-state index contributed by atoms with van der Waals surface area (Å²) in [6.45, 7) is 9.27. The molecule has 0 spiro atoms. The van der Waals surface area contributed by atoms with Gasteiger partial charge in [0.2, 0.25) is 0 Å². The van der Waals surface area contributed by atoms with Crippen LogP contribution >= 0.6 is 0 Å². The van der Waals surface area contributed by atoms with E-state index in [2.05, 4.69) is 53.4 Å². The summed E-state index contributed by atoms with van der Waals surface area (Å²) in [6, 6.07) is 0. The number of nitrogens with one attached hydrogen (secondary N) is 2. The molecule has 0 atom stereocenters. The molecule has 18 heavy (non-hydrogen) atoms. The lowest BCUT2D eigenvalue weighted by Crippen LogP contribution is -2.34. The van der Waals surface area contributed by atoms with Crippen LogP contribution in [0.25, 0.3) is 0 Å². The van der Waals surface area contributed by atoms with Gasteiger partial charge in [0.15, 0.2) is 0 Å². The number of aromatic nitrogens is 2. The summed E-state index contributed by atoms with van der Waals surface area (Å²) < 4.78 is 0. The van der Waals surface area contributed by atoms with Gasteiger partial charge in [0.25, 0.3) is 0 Å². The van der Waals surface area contributed by atoms with Crippen LogP contribution in [0.1, 0.15) is 20.8 Å². The minimum Gasteiger partial charge on any atom is -0.369 e. The van der Waals surface area contributed by atoms with Crippen molar-refractivity contribution < 1.29 is 0 Å². The van der Waals surface area contributed by atoms with Crippen molar-refractivity contribution in [2.24, 2.45) is 5.41 Å². The predicted octanol–water partition coefficient (Wildman–Crippen LogP) is 1.91. The number of hydrogen-bond acceptors (Lipinski definition) is 5. The zero-order valence-electron chi connectivity index (χ0n) is 12.1. The second-order valence-electron chi connectivity index (χ2n) is 5.58. The van der Waals surface area contributed by atoms with E-state index in [9.17, 15) is 0 Å². The minimum absolute atomic E-state index is 0.194. The van der Waals surface area contributed by atoms with Crippen molar-refractivity contribution >= 4 is 11.6 Å². The number of rotatable bonds is 7. The molecular formula is C13H25N5. The van der Waals surface area contributed by atoms with Gasteiger partial charge in [-0.25, -0.2) is 4.98 Å². The fourth-order valence-electron chi connectivity index (χ4n) is 1.96. The fourth-order valence-corrected chi connectivity index (χ4v) is 1.96. The predicted molar refractivity (Wildman–Crippen MR) is 77.0 cm³/mol. The lowest BCUT2D eigenvalue weighted by molar-refractivity contribution is 0.254. The summed E-state index contributed by atoms with van der Waals surface area (Å²) in [5.41, 5.74) is 0.194. The molecule has 0 aliphatic carbocycles. The highest BCUT2D eigenvalue weighted by Gasteiger charge is 2.18. The molecule has 0 aliphatic heterocycles. The highest BCUT2D eigenvalue weighted by Crippen LogP contribution is 2.17. The Hall–Kier alpha value is -1.36. The second-order valence-corrected chi connectivity index (χ2v) is 5.58. The zero-order chi connectivity index (χ0) is 13.6. The topological polar surface area (TPSA) is 53.1 Å². The number of anilines is 2. The summed E-state index contributed by atoms with van der Waals surface area (Å²) >= 11 is 0. The van der Waals surface area contributed by atoms with Crippen molar-refractivity contribution in [1.82, 2.24) is 14.9 Å². The van der Waals surface area contributed by atoms with Crippen LogP contribution in [0.2, 0.25) is 0 Å². The lowest BCUT2D eigenvalue weighted by Gasteiger charge is -2.28. The van der Waals surface area contributed by atoms with Gasteiger partial charge >= 0.3 is 0 Å². The maximum absolute atomic E-state index is 4.45. The molecule has 0 saturated carbocycles. The van der Waals surface area contributed by atoms with E-state index in [1.165, 1.54) is 0 Å². The molecule has 0 unspecified atom stereocenters. The van der Waals surface area contributed by atoms with Crippen molar-refractivity contribution in [1.29, 1.82) is 0 Å². The van der Waals surface area contributed by atoms with Crippen molar-refractivity contribution in [2.45, 2.75) is 20.8 Å². The van der Waals surface area contributed by atoms with Crippen molar-refractivity contribution in [3.63, 3.8) is 0 Å². The first kappa shape index (κ1) is 14.7. The first-order valence-electron chi connectivity index (χ1n) is 6.37. The third kappa shape index (κ3) is 5.31. The molecule has 0 bridgehead atoms. The Labute approximate surface area is 110 Å². The van der Waals surface area contributed by atoms with Gasteiger partial charge in [-0.3, -0.25) is 4.98 Å². The molecule has 1 aromatic heterocycles. The number of hydrogen-bond donors (Lipinski definition) is 2. The van der Waals surface area contributed by atoms with Crippen molar-refractivity contribution in [2.75, 3.05) is 44.4 Å². The van der Waals surface area contributed by atoms with Gasteiger partial charge in [-0.1, -0.05) is 13.8 Å². The van der Waals surface area contributed by atoms with Crippen LogP contribution < -0.4 is 10.6 Å². The summed E-state index contributed by atoms with van der Waals surface area (Å²) in [5.74, 6) is 1.63. The maximum Gasteiger partial charge on any atom is 0.146 e. The monoisotopic (exact) mass is 251 g/mol. The molecule has 5 nitrogen and oxygen atoms in total. The Balaban J connectivity index is 2.54. The fraction of sp³-hybridized carbons (Fsp3) is 0.692. The minimum atomic E-state index is 0.194. The normalized spacial score (nSPS) is 11.7. The van der Waals surface area contributed by atoms with E-state index in [0.717, 1.165) is 31.3 Å². The highest BCUT2D eigenvalue weighted by molar-refractivity contribution is 5.41. The third-order valence-electron chi connectivity index (χ3n) is 2.48. The van der Waals surface area contributed by atoms with E-state index in [0.29, 0.717) is 0 Å². The van der Waals surface area contributed by atoms with Crippen LogP contribution in [-0.4, -0.2) is 48.6 Å². The molecule has 0 radical (unpaired) electrons. The SMILES string of the molecule is CCNc1cncc(NCC(C)(C)CN(C)C)n1. The van der Waals surface area contributed by atoms with Gasteiger partial charge in [0, 0.05) is 19.6 Å². The molecule has 1 heterocycles. The van der Waals surface area contributed by atoms with Crippen LogP contribution in [0, 0.1) is 5.41 Å². The van der Waals surface area contributed by atoms with Gasteiger partial charge in [0.05, 0.1) is 12.4 Å². The van der Waals surface area contributed by atoms with E-state index < -0.39 is 0 Å². The van der Waals surface area contributed by atoms with Crippen molar-refractivity contribution in [3.8, 4) is 0 Å². The largest absolute Gasteiger partial charge is 0.369 e. The first-order valence-corrected chi connectivity index (χ1v) is 6.37. The average Bonchev–Trinajstić information content (AvgIpc) is 2.26. The molecule has 0 aliphatic rings. The standard InChI is InChI=1S/C13H25N5/c1-6-15-11-7-14-8-12(17-11)16-9-13(2,3)10-18(4)5/h7-8H,6,9-10H2,1-5H3,(H2,15,16,17). The van der Waals surface area contributed by atoms with Gasteiger partial charge in [-0.05, 0) is 26.4 Å². The number of nitrogens with zero attached hydrogens (tertiary/aromatic N) is 3. The van der Waals surface area contributed by atoms with Crippen LogP contribution in [0.5, 0.6) is 0 Å². The van der Waals surface area contributed by atoms with Gasteiger partial charge in [-0.15, -0.1) is 0 Å². The van der Waals surface area contributed by atoms with Gasteiger partial charge in [0.1, 0.15) is 11.6 Å². The van der Waals surface area contributed by atoms with Gasteiger partial charge < -0.3 is 15.5 Å². The quantitative estimate of drug-likeness (QED) is 0.775. The zero-order valence-corrected chi connectivity index (χ0v) is 12.1. The van der Waals surface area contributed by atoms with E-state index in [-0.39, 0.29) is 5.41 Å². The Morgan fingerprint density at radius 3 is 2.33 bits per heavy atom.